The molecule has 234 valence electrons. The molecule has 3 heterocycles. The van der Waals surface area contributed by atoms with Gasteiger partial charge in [-0.1, -0.05) is 0 Å². The van der Waals surface area contributed by atoms with E-state index in [0.29, 0.717) is 17.0 Å². The van der Waals surface area contributed by atoms with E-state index in [1.165, 1.54) is 6.07 Å². The summed E-state index contributed by atoms with van der Waals surface area (Å²) >= 11 is 0. The number of likely N-dealkylation sites (tertiary alicyclic amines) is 1. The van der Waals surface area contributed by atoms with E-state index in [2.05, 4.69) is 20.1 Å². The van der Waals surface area contributed by atoms with Crippen molar-refractivity contribution in [2.75, 3.05) is 48.3 Å². The zero-order chi connectivity index (χ0) is 31.6. The minimum absolute atomic E-state index is 0.122. The Kier molecular flexibility index (Phi) is 9.10. The van der Waals surface area contributed by atoms with Crippen LogP contribution in [0.1, 0.15) is 47.3 Å². The van der Waals surface area contributed by atoms with Gasteiger partial charge in [0.2, 0.25) is 0 Å². The maximum absolute atomic E-state index is 14.6. The number of carbonyl (C=O) groups is 2. The van der Waals surface area contributed by atoms with Gasteiger partial charge in [0.05, 0.1) is 16.9 Å². The van der Waals surface area contributed by atoms with Crippen LogP contribution in [-0.2, 0) is 4.79 Å². The number of carbonyl (C=O) groups excluding carboxylic acids is 2. The largest absolute Gasteiger partial charge is 0.489 e. The fraction of sp³-hybridized carbons (Fsp3) is 0.406. The molecule has 0 spiro atoms. The standard InChI is InChI=1S/C32H35F4N5O3/c1-20-16-21(2)37-29(17-20)41(31(43)32(34,35)36)27-18-22(33)6-9-26(27)38-30(42)25-8-7-23(40-12-4-5-13-40)19-28(25)44-24-10-14-39(3)15-11-24/h6-9,16-19,24H,4-5,10-15H2,1-3H3,(H,38,42). The van der Waals surface area contributed by atoms with Crippen molar-refractivity contribution in [3.05, 3.63) is 71.2 Å². The number of nitrogens with zero attached hydrogens (tertiary/aromatic N) is 4. The molecular formula is C32H35F4N5O3. The topological polar surface area (TPSA) is 78.0 Å². The van der Waals surface area contributed by atoms with Crippen molar-refractivity contribution in [1.29, 1.82) is 0 Å². The lowest BCUT2D eigenvalue weighted by Gasteiger charge is -2.30. The van der Waals surface area contributed by atoms with Crippen molar-refractivity contribution in [3.8, 4) is 5.75 Å². The Hall–Kier alpha value is -4.19. The Balaban J connectivity index is 1.53. The number of aromatic nitrogens is 1. The molecule has 0 saturated carbocycles. The highest BCUT2D eigenvalue weighted by molar-refractivity contribution is 6.11. The molecular weight excluding hydrogens is 578 g/mol. The number of hydrogen-bond acceptors (Lipinski definition) is 6. The number of amides is 2. The Morgan fingerprint density at radius 2 is 1.68 bits per heavy atom. The van der Waals surface area contributed by atoms with Crippen LogP contribution >= 0.6 is 0 Å². The zero-order valence-electron chi connectivity index (χ0n) is 24.9. The first-order valence-corrected chi connectivity index (χ1v) is 14.6. The number of ether oxygens (including phenoxy) is 1. The summed E-state index contributed by atoms with van der Waals surface area (Å²) in [6.45, 7) is 6.65. The van der Waals surface area contributed by atoms with E-state index in [9.17, 15) is 27.2 Å². The summed E-state index contributed by atoms with van der Waals surface area (Å²) in [5.74, 6) is -3.86. The Bertz CT molecular complexity index is 1510. The normalized spacial score (nSPS) is 16.2. The number of pyridine rings is 1. The first-order valence-electron chi connectivity index (χ1n) is 14.6. The fourth-order valence-electron chi connectivity index (χ4n) is 5.63. The summed E-state index contributed by atoms with van der Waals surface area (Å²) in [5.41, 5.74) is 1.26. The van der Waals surface area contributed by atoms with Gasteiger partial charge in [0.1, 0.15) is 23.5 Å². The van der Waals surface area contributed by atoms with Crippen LogP contribution in [0, 0.1) is 19.7 Å². The Labute approximate surface area is 253 Å². The number of hydrogen-bond donors (Lipinski definition) is 1. The third-order valence-electron chi connectivity index (χ3n) is 7.85. The van der Waals surface area contributed by atoms with Gasteiger partial charge in [-0.15, -0.1) is 0 Å². The zero-order valence-corrected chi connectivity index (χ0v) is 24.9. The van der Waals surface area contributed by atoms with Crippen LogP contribution in [-0.4, -0.2) is 67.2 Å². The van der Waals surface area contributed by atoms with Gasteiger partial charge in [-0.25, -0.2) is 9.37 Å². The number of halogens is 4. The molecule has 1 aromatic heterocycles. The first-order chi connectivity index (χ1) is 20.9. The van der Waals surface area contributed by atoms with E-state index in [1.54, 1.807) is 26.0 Å². The number of aryl methyl sites for hydroxylation is 2. The quantitative estimate of drug-likeness (QED) is 0.311. The third kappa shape index (κ3) is 7.12. The second kappa shape index (κ2) is 12.8. The molecule has 2 aliphatic heterocycles. The van der Waals surface area contributed by atoms with Crippen molar-refractivity contribution in [3.63, 3.8) is 0 Å². The molecule has 2 aliphatic rings. The summed E-state index contributed by atoms with van der Waals surface area (Å²) in [5, 5.41) is 2.62. The van der Waals surface area contributed by atoms with Crippen LogP contribution in [0.3, 0.4) is 0 Å². The smallest absolute Gasteiger partial charge is 0.472 e. The number of nitrogens with one attached hydrogen (secondary N) is 1. The van der Waals surface area contributed by atoms with Gasteiger partial charge in [0.15, 0.2) is 0 Å². The number of benzene rings is 2. The molecule has 0 unspecified atom stereocenters. The Morgan fingerprint density at radius 1 is 0.977 bits per heavy atom. The fourth-order valence-corrected chi connectivity index (χ4v) is 5.63. The van der Waals surface area contributed by atoms with Crippen molar-refractivity contribution < 1.29 is 31.9 Å². The van der Waals surface area contributed by atoms with Crippen LogP contribution in [0.25, 0.3) is 0 Å². The van der Waals surface area contributed by atoms with E-state index in [0.717, 1.165) is 75.7 Å². The molecule has 12 heteroatoms. The highest BCUT2D eigenvalue weighted by atomic mass is 19.4. The molecule has 2 saturated heterocycles. The van der Waals surface area contributed by atoms with Crippen LogP contribution in [0.15, 0.2) is 48.5 Å². The molecule has 3 aromatic rings. The predicted octanol–water partition coefficient (Wildman–Crippen LogP) is 6.39. The predicted molar refractivity (Wildman–Crippen MR) is 160 cm³/mol. The van der Waals surface area contributed by atoms with Gasteiger partial charge in [-0.05, 0) is 88.5 Å². The summed E-state index contributed by atoms with van der Waals surface area (Å²) in [4.78, 5) is 35.4. The lowest BCUT2D eigenvalue weighted by Crippen LogP contribution is -2.39. The minimum atomic E-state index is -5.31. The monoisotopic (exact) mass is 613 g/mol. The molecule has 0 bridgehead atoms. The lowest BCUT2D eigenvalue weighted by molar-refractivity contribution is -0.169. The molecule has 2 aromatic carbocycles. The summed E-state index contributed by atoms with van der Waals surface area (Å²) in [6, 6.07) is 11.1. The van der Waals surface area contributed by atoms with Crippen molar-refractivity contribution in [1.82, 2.24) is 9.88 Å². The second-order valence-corrected chi connectivity index (χ2v) is 11.4. The first kappa shape index (κ1) is 31.2. The van der Waals surface area contributed by atoms with E-state index in [1.807, 2.05) is 19.2 Å². The third-order valence-corrected chi connectivity index (χ3v) is 7.85. The van der Waals surface area contributed by atoms with E-state index in [-0.39, 0.29) is 28.1 Å². The lowest BCUT2D eigenvalue weighted by atomic mass is 10.1. The average molecular weight is 614 g/mol. The maximum atomic E-state index is 14.6. The summed E-state index contributed by atoms with van der Waals surface area (Å²) in [6.07, 6.45) is -1.78. The SMILES string of the molecule is Cc1cc(C)nc(N(C(=O)C(F)(F)F)c2cc(F)ccc2NC(=O)c2ccc(N3CCCC3)cc2OC2CCN(C)CC2)c1. The van der Waals surface area contributed by atoms with Gasteiger partial charge in [0, 0.05) is 49.7 Å². The summed E-state index contributed by atoms with van der Waals surface area (Å²) < 4.78 is 62.6. The molecule has 2 amide bonds. The number of piperidine rings is 1. The molecule has 0 aliphatic carbocycles. The van der Waals surface area contributed by atoms with Gasteiger partial charge in [-0.3, -0.25) is 14.5 Å². The van der Waals surface area contributed by atoms with Crippen molar-refractivity contribution in [2.45, 2.75) is 51.8 Å². The molecule has 0 radical (unpaired) electrons. The molecule has 8 nitrogen and oxygen atoms in total. The van der Waals surface area contributed by atoms with Crippen molar-refractivity contribution in [2.24, 2.45) is 0 Å². The molecule has 5 rings (SSSR count). The maximum Gasteiger partial charge on any atom is 0.472 e. The Morgan fingerprint density at radius 3 is 2.34 bits per heavy atom. The number of alkyl halides is 3. The summed E-state index contributed by atoms with van der Waals surface area (Å²) in [7, 11) is 2.03. The van der Waals surface area contributed by atoms with Crippen LogP contribution in [0.4, 0.5) is 40.4 Å². The van der Waals surface area contributed by atoms with Gasteiger partial charge in [0.25, 0.3) is 5.91 Å². The minimum Gasteiger partial charge on any atom is -0.489 e. The molecule has 1 N–H and O–H groups in total. The highest BCUT2D eigenvalue weighted by Crippen LogP contribution is 2.37. The van der Waals surface area contributed by atoms with Gasteiger partial charge in [-0.2, -0.15) is 13.2 Å². The van der Waals surface area contributed by atoms with Gasteiger partial charge < -0.3 is 19.9 Å². The molecule has 0 atom stereocenters. The molecule has 44 heavy (non-hydrogen) atoms. The van der Waals surface area contributed by atoms with E-state index < -0.39 is 29.5 Å². The van der Waals surface area contributed by atoms with E-state index in [4.69, 9.17) is 4.74 Å². The van der Waals surface area contributed by atoms with Crippen LogP contribution in [0.5, 0.6) is 5.75 Å². The highest BCUT2D eigenvalue weighted by Gasteiger charge is 2.45. The number of anilines is 4. The van der Waals surface area contributed by atoms with Gasteiger partial charge >= 0.3 is 12.1 Å². The van der Waals surface area contributed by atoms with Crippen molar-refractivity contribution >= 4 is 34.7 Å². The van der Waals surface area contributed by atoms with Crippen LogP contribution in [0.2, 0.25) is 0 Å². The molecule has 2 fully saturated rings. The van der Waals surface area contributed by atoms with Crippen LogP contribution < -0.4 is 19.9 Å². The average Bonchev–Trinajstić information content (AvgIpc) is 3.50. The second-order valence-electron chi connectivity index (χ2n) is 11.4. The van der Waals surface area contributed by atoms with E-state index >= 15 is 0 Å². The number of rotatable bonds is 7.